The lowest BCUT2D eigenvalue weighted by atomic mass is 9.95. The third-order valence-electron chi connectivity index (χ3n) is 9.34. The van der Waals surface area contributed by atoms with E-state index in [9.17, 15) is 18.0 Å². The van der Waals surface area contributed by atoms with Gasteiger partial charge in [0.1, 0.15) is 5.84 Å². The number of carbonyl (C=O) groups excluding carboxylic acids is 1. The lowest BCUT2D eigenvalue weighted by molar-refractivity contribution is -0.132. The molecule has 1 fully saturated rings. The Hall–Kier alpha value is -2.81. The van der Waals surface area contributed by atoms with Crippen LogP contribution in [0.4, 0.5) is 18.9 Å². The van der Waals surface area contributed by atoms with Crippen LogP contribution in [0.5, 0.6) is 0 Å². The quantitative estimate of drug-likeness (QED) is 0.0962. The molecule has 1 amide bonds. The minimum atomic E-state index is -4.58. The van der Waals surface area contributed by atoms with Gasteiger partial charge in [-0.15, -0.1) is 0 Å². The van der Waals surface area contributed by atoms with Gasteiger partial charge in [-0.3, -0.25) is 4.79 Å². The molecule has 1 aromatic carbocycles. The van der Waals surface area contributed by atoms with Crippen molar-refractivity contribution in [3.8, 4) is 0 Å². The topological polar surface area (TPSA) is 60.0 Å². The van der Waals surface area contributed by atoms with Crippen LogP contribution in [0.15, 0.2) is 46.7 Å². The largest absolute Gasteiger partial charge is 0.419 e. The van der Waals surface area contributed by atoms with Gasteiger partial charge in [0.15, 0.2) is 0 Å². The number of hydrogen-bond donors (Lipinski definition) is 2. The molecule has 3 unspecified atom stereocenters. The predicted octanol–water partition coefficient (Wildman–Crippen LogP) is 10.7. The molecular formula is C41H70F3N5O. The maximum atomic E-state index is 14.3. The van der Waals surface area contributed by atoms with Gasteiger partial charge in [0.25, 0.3) is 0 Å². The first-order valence-electron chi connectivity index (χ1n) is 19.3. The molecule has 0 aromatic heterocycles. The molecule has 0 saturated carbocycles. The van der Waals surface area contributed by atoms with Gasteiger partial charge in [0.05, 0.1) is 5.57 Å². The Morgan fingerprint density at radius 2 is 1.76 bits per heavy atom. The minimum absolute atomic E-state index is 0.0130. The first kappa shape index (κ1) is 45.2. The van der Waals surface area contributed by atoms with Gasteiger partial charge in [-0.05, 0) is 107 Å². The Bertz CT molecular complexity index is 1200. The average molecular weight is 706 g/mol. The number of nitrogens with zero attached hydrogens (tertiary/aromatic N) is 3. The zero-order valence-electron chi connectivity index (χ0n) is 33.1. The summed E-state index contributed by atoms with van der Waals surface area (Å²) < 4.78 is 43.0. The van der Waals surface area contributed by atoms with Gasteiger partial charge in [-0.1, -0.05) is 86.4 Å². The van der Waals surface area contributed by atoms with Crippen LogP contribution in [0, 0.1) is 11.8 Å². The average Bonchev–Trinajstić information content (AvgIpc) is 3.06. The molecule has 286 valence electrons. The number of unbranched alkanes of at least 4 members (excludes halogenated alkanes) is 1. The molecule has 2 N–H and O–H groups in total. The van der Waals surface area contributed by atoms with Crippen LogP contribution in [0.1, 0.15) is 137 Å². The highest BCUT2D eigenvalue weighted by atomic mass is 19.4. The molecule has 0 bridgehead atoms. The number of anilines is 1. The number of likely N-dealkylation sites (tertiary alicyclic amines) is 1. The molecule has 0 spiro atoms. The molecule has 2 rings (SSSR count). The van der Waals surface area contributed by atoms with E-state index in [4.69, 9.17) is 0 Å². The summed E-state index contributed by atoms with van der Waals surface area (Å²) in [6.45, 7) is 22.7. The second kappa shape index (κ2) is 24.4. The number of carbonyl (C=O) groups is 1. The monoisotopic (exact) mass is 706 g/mol. The second-order valence-electron chi connectivity index (χ2n) is 14.3. The summed E-state index contributed by atoms with van der Waals surface area (Å²) in [5.74, 6) is 1.53. The fraction of sp³-hybridized carbons (Fsp3) is 0.707. The highest BCUT2D eigenvalue weighted by molar-refractivity contribution is 5.94. The maximum Gasteiger partial charge on any atom is 0.419 e. The number of aliphatic imine (C=N–C) groups is 1. The number of benzene rings is 1. The highest BCUT2D eigenvalue weighted by Crippen LogP contribution is 2.31. The zero-order chi connectivity index (χ0) is 37.7. The summed E-state index contributed by atoms with van der Waals surface area (Å²) in [5, 5.41) is 6.27. The van der Waals surface area contributed by atoms with Crippen LogP contribution in [0.3, 0.4) is 0 Å². The van der Waals surface area contributed by atoms with Crippen molar-refractivity contribution >= 4 is 17.4 Å². The van der Waals surface area contributed by atoms with E-state index in [2.05, 4.69) is 81.2 Å². The van der Waals surface area contributed by atoms with Gasteiger partial charge in [0.2, 0.25) is 5.91 Å². The minimum Gasteiger partial charge on any atom is -0.384 e. The van der Waals surface area contributed by atoms with Crippen LogP contribution in [-0.4, -0.2) is 67.5 Å². The first-order valence-corrected chi connectivity index (χ1v) is 19.3. The summed E-state index contributed by atoms with van der Waals surface area (Å²) in [6.07, 6.45) is 7.03. The Morgan fingerprint density at radius 3 is 2.34 bits per heavy atom. The summed E-state index contributed by atoms with van der Waals surface area (Å²) >= 11 is 0. The maximum absolute atomic E-state index is 14.3. The molecule has 1 aromatic rings. The Kier molecular flexibility index (Phi) is 22.1. The Morgan fingerprint density at radius 1 is 1.08 bits per heavy atom. The van der Waals surface area contributed by atoms with Crippen molar-refractivity contribution in [2.75, 3.05) is 45.1 Å². The van der Waals surface area contributed by atoms with E-state index in [0.29, 0.717) is 50.1 Å². The van der Waals surface area contributed by atoms with Crippen molar-refractivity contribution in [2.45, 2.75) is 139 Å². The number of aryl methyl sites for hydroxylation is 1. The summed E-state index contributed by atoms with van der Waals surface area (Å²) in [7, 11) is 2.17. The van der Waals surface area contributed by atoms with E-state index in [1.165, 1.54) is 31.5 Å². The van der Waals surface area contributed by atoms with Crippen molar-refractivity contribution < 1.29 is 18.0 Å². The smallest absolute Gasteiger partial charge is 0.384 e. The summed E-state index contributed by atoms with van der Waals surface area (Å²) in [4.78, 5) is 21.1. The lowest BCUT2D eigenvalue weighted by Crippen LogP contribution is -2.39. The highest BCUT2D eigenvalue weighted by Gasteiger charge is 2.36. The molecule has 0 aliphatic carbocycles. The molecule has 6 nitrogen and oxygen atoms in total. The van der Waals surface area contributed by atoms with Gasteiger partial charge in [-0.2, -0.15) is 13.2 Å². The molecule has 0 radical (unpaired) electrons. The van der Waals surface area contributed by atoms with Crippen molar-refractivity contribution in [3.63, 3.8) is 0 Å². The fourth-order valence-electron chi connectivity index (χ4n) is 6.02. The van der Waals surface area contributed by atoms with Gasteiger partial charge < -0.3 is 20.4 Å². The van der Waals surface area contributed by atoms with Gasteiger partial charge >= 0.3 is 6.18 Å². The molecule has 50 heavy (non-hydrogen) atoms. The predicted molar refractivity (Wildman–Crippen MR) is 208 cm³/mol. The Balaban J connectivity index is 0.00000139. The lowest BCUT2D eigenvalue weighted by Gasteiger charge is -2.30. The van der Waals surface area contributed by atoms with Crippen LogP contribution >= 0.6 is 0 Å². The van der Waals surface area contributed by atoms with E-state index in [-0.39, 0.29) is 17.5 Å². The van der Waals surface area contributed by atoms with Crippen molar-refractivity contribution in [1.82, 2.24) is 15.1 Å². The SMILES string of the molecule is CCC/C=C(NCC(C)CN1CCC(C)CCCC1=O)/C(=C\N=C(C)Nc1ccc(C(C)CC)cc1CC)C(F)(F)F.CCCN(C)CCC. The fourth-order valence-corrected chi connectivity index (χ4v) is 6.02. The molecule has 1 heterocycles. The number of amidine groups is 1. The number of nitrogens with one attached hydrogen (secondary N) is 2. The Labute approximate surface area is 303 Å². The number of rotatable bonds is 17. The standard InChI is InChI=1S/C34H53F3N4O.C7H17N/c1-8-11-14-32(39-21-25(5)23-41-19-18-24(4)13-12-15-33(41)42)30(34(35,36)37)22-38-27(7)40-31-17-16-29(26(6)9-2)20-28(31)10-3;1-4-6-8(3)7-5-2/h14,16-17,20,22,24-26,39H,8-13,15,18-19,21,23H2,1-7H3,(H,38,40);4-7H2,1-3H3/b30-22+,32-14-;. The van der Waals surface area contributed by atoms with Crippen molar-refractivity contribution in [3.05, 3.63) is 52.9 Å². The molecule has 9 heteroatoms. The second-order valence-corrected chi connectivity index (χ2v) is 14.3. The molecular weight excluding hydrogens is 635 g/mol. The number of alkyl halides is 3. The number of hydrogen-bond acceptors (Lipinski definition) is 4. The van der Waals surface area contributed by atoms with Crippen molar-refractivity contribution in [1.29, 1.82) is 0 Å². The molecule has 1 saturated heterocycles. The first-order chi connectivity index (χ1) is 23.7. The molecule has 1 aliphatic heterocycles. The van der Waals surface area contributed by atoms with Crippen LogP contribution in [0.25, 0.3) is 0 Å². The van der Waals surface area contributed by atoms with Gasteiger partial charge in [-0.25, -0.2) is 4.99 Å². The van der Waals surface area contributed by atoms with Crippen molar-refractivity contribution in [2.24, 2.45) is 16.8 Å². The number of halogens is 3. The van der Waals surface area contributed by atoms with Crippen LogP contribution in [-0.2, 0) is 11.2 Å². The van der Waals surface area contributed by atoms with Crippen LogP contribution < -0.4 is 10.6 Å². The summed E-state index contributed by atoms with van der Waals surface area (Å²) in [6, 6.07) is 6.22. The van der Waals surface area contributed by atoms with Crippen LogP contribution in [0.2, 0.25) is 0 Å². The third kappa shape index (κ3) is 17.4. The van der Waals surface area contributed by atoms with E-state index < -0.39 is 11.7 Å². The third-order valence-corrected chi connectivity index (χ3v) is 9.34. The van der Waals surface area contributed by atoms with Gasteiger partial charge in [0, 0.05) is 43.6 Å². The molecule has 3 atom stereocenters. The van der Waals surface area contributed by atoms with E-state index in [1.807, 2.05) is 24.8 Å². The van der Waals surface area contributed by atoms with E-state index in [0.717, 1.165) is 56.0 Å². The number of amides is 1. The molecule has 1 aliphatic rings. The van der Waals surface area contributed by atoms with E-state index >= 15 is 0 Å². The van der Waals surface area contributed by atoms with E-state index in [1.54, 1.807) is 13.0 Å². The number of allylic oxidation sites excluding steroid dienone is 2. The summed E-state index contributed by atoms with van der Waals surface area (Å²) in [5.41, 5.74) is 2.45. The normalized spacial score (nSPS) is 17.9. The zero-order valence-corrected chi connectivity index (χ0v) is 33.1.